The Morgan fingerprint density at radius 2 is 1.40 bits per heavy atom. The summed E-state index contributed by atoms with van der Waals surface area (Å²) in [5.41, 5.74) is 1.85. The number of aromatic nitrogens is 4. The summed E-state index contributed by atoms with van der Waals surface area (Å²) in [6.45, 7) is -0.231. The Morgan fingerprint density at radius 1 is 0.925 bits per heavy atom. The monoisotopic (exact) mass is 564 g/mol. The van der Waals surface area contributed by atoms with Crippen LogP contribution in [0, 0.1) is 22.7 Å². The van der Waals surface area contributed by atoms with Gasteiger partial charge < -0.3 is 14.6 Å². The van der Waals surface area contributed by atoms with Crippen LogP contribution in [0.15, 0.2) is 46.2 Å². The minimum atomic E-state index is -3.63. The van der Waals surface area contributed by atoms with Crippen LogP contribution < -0.4 is 20.6 Å². The highest BCUT2D eigenvalue weighted by Crippen LogP contribution is 2.34. The van der Waals surface area contributed by atoms with Crippen molar-refractivity contribution in [3.8, 4) is 23.6 Å². The van der Waals surface area contributed by atoms with E-state index in [4.69, 9.17) is 24.2 Å². The summed E-state index contributed by atoms with van der Waals surface area (Å²) < 4.78 is 40.9. The highest BCUT2D eigenvalue weighted by Gasteiger charge is 2.28. The SMILES string of the molecule is CS(=O)(=O)OC[C@@H]1COc2c(C#N)cnc3ccc(=O)n1c23.N#Cc1cnc2ccc(=O)n3c2c1OC[C@H]3CO. The van der Waals surface area contributed by atoms with Crippen molar-refractivity contribution in [3.63, 3.8) is 0 Å². The van der Waals surface area contributed by atoms with Crippen molar-refractivity contribution in [3.05, 3.63) is 68.5 Å². The number of hydrogen-bond donors (Lipinski definition) is 1. The summed E-state index contributed by atoms with van der Waals surface area (Å²) in [4.78, 5) is 32.3. The van der Waals surface area contributed by atoms with Gasteiger partial charge in [0, 0.05) is 24.5 Å². The number of aliphatic hydroxyl groups excluding tert-OH is 1. The first kappa shape index (κ1) is 26.8. The Morgan fingerprint density at radius 3 is 1.85 bits per heavy atom. The van der Waals surface area contributed by atoms with Crippen LogP contribution >= 0.6 is 0 Å². The molecule has 15 heteroatoms. The second-order valence-corrected chi connectivity index (χ2v) is 10.5. The second kappa shape index (κ2) is 10.4. The zero-order valence-corrected chi connectivity index (χ0v) is 21.7. The van der Waals surface area contributed by atoms with Crippen molar-refractivity contribution < 1.29 is 27.2 Å². The molecule has 2 aliphatic heterocycles. The number of hydrogen-bond acceptors (Lipinski definition) is 12. The van der Waals surface area contributed by atoms with E-state index in [1.165, 1.54) is 39.7 Å². The summed E-state index contributed by atoms with van der Waals surface area (Å²) >= 11 is 0. The van der Waals surface area contributed by atoms with E-state index in [0.29, 0.717) is 33.4 Å². The van der Waals surface area contributed by atoms with Crippen molar-refractivity contribution >= 4 is 32.2 Å². The number of nitriles is 2. The molecule has 0 unspecified atom stereocenters. The lowest BCUT2D eigenvalue weighted by Crippen LogP contribution is -2.35. The van der Waals surface area contributed by atoms with Crippen molar-refractivity contribution in [1.82, 2.24) is 19.1 Å². The van der Waals surface area contributed by atoms with Crippen molar-refractivity contribution in [2.24, 2.45) is 0 Å². The predicted octanol–water partition coefficient (Wildman–Crippen LogP) is 0.372. The molecule has 6 heterocycles. The molecule has 14 nitrogen and oxygen atoms in total. The van der Waals surface area contributed by atoms with Gasteiger partial charge in [0.05, 0.1) is 42.6 Å². The number of nitrogens with zero attached hydrogens (tertiary/aromatic N) is 6. The molecule has 0 aromatic carbocycles. The molecule has 0 aliphatic carbocycles. The molecule has 0 fully saturated rings. The fraction of sp³-hybridized carbons (Fsp3) is 0.280. The third-order valence-corrected chi connectivity index (χ3v) is 6.86. The highest BCUT2D eigenvalue weighted by molar-refractivity contribution is 7.85. The topological polar surface area (TPSA) is 199 Å². The molecule has 0 radical (unpaired) electrons. The van der Waals surface area contributed by atoms with E-state index < -0.39 is 22.2 Å². The maximum atomic E-state index is 12.2. The molecule has 0 saturated heterocycles. The zero-order chi connectivity index (χ0) is 28.6. The maximum absolute atomic E-state index is 12.2. The highest BCUT2D eigenvalue weighted by atomic mass is 32.2. The fourth-order valence-electron chi connectivity index (χ4n) is 4.53. The summed E-state index contributed by atoms with van der Waals surface area (Å²) in [5, 5.41) is 27.4. The Kier molecular flexibility index (Phi) is 6.95. The lowest BCUT2D eigenvalue weighted by Gasteiger charge is -2.27. The molecule has 1 N–H and O–H groups in total. The summed E-state index contributed by atoms with van der Waals surface area (Å²) in [6.07, 6.45) is 3.73. The average Bonchev–Trinajstić information content (AvgIpc) is 2.95. The van der Waals surface area contributed by atoms with E-state index in [-0.39, 0.29) is 48.9 Å². The van der Waals surface area contributed by atoms with Gasteiger partial charge in [-0.05, 0) is 12.1 Å². The van der Waals surface area contributed by atoms with Gasteiger partial charge in [-0.25, -0.2) is 0 Å². The molecular formula is C25H20N6O8S. The second-order valence-electron chi connectivity index (χ2n) is 8.88. The molecule has 2 atom stereocenters. The van der Waals surface area contributed by atoms with E-state index >= 15 is 0 Å². The minimum absolute atomic E-state index is 0.0280. The molecule has 2 aliphatic rings. The predicted molar refractivity (Wildman–Crippen MR) is 138 cm³/mol. The van der Waals surface area contributed by atoms with Crippen molar-refractivity contribution in [1.29, 1.82) is 10.5 Å². The molecule has 204 valence electrons. The van der Waals surface area contributed by atoms with Gasteiger partial charge >= 0.3 is 0 Å². The van der Waals surface area contributed by atoms with E-state index in [0.717, 1.165) is 6.26 Å². The third-order valence-electron chi connectivity index (χ3n) is 6.29. The van der Waals surface area contributed by atoms with Gasteiger partial charge in [-0.15, -0.1) is 0 Å². The number of aliphatic hydroxyl groups is 1. The van der Waals surface area contributed by atoms with Gasteiger partial charge in [-0.1, -0.05) is 0 Å². The molecule has 0 bridgehead atoms. The Hall–Kier alpha value is -4.83. The molecule has 4 aromatic heterocycles. The summed E-state index contributed by atoms with van der Waals surface area (Å²) in [7, 11) is -3.63. The van der Waals surface area contributed by atoms with E-state index in [1.807, 2.05) is 12.1 Å². The molecular weight excluding hydrogens is 544 g/mol. The van der Waals surface area contributed by atoms with Gasteiger partial charge in [0.15, 0.2) is 11.5 Å². The smallest absolute Gasteiger partial charge is 0.264 e. The first-order valence-electron chi connectivity index (χ1n) is 11.8. The normalized spacial score (nSPS) is 17.1. The molecule has 0 saturated carbocycles. The van der Waals surface area contributed by atoms with Crippen LogP contribution in [0.4, 0.5) is 0 Å². The molecule has 4 aromatic rings. The molecule has 0 amide bonds. The number of pyridine rings is 4. The number of ether oxygens (including phenoxy) is 2. The standard InChI is InChI=1S/C13H11N3O5S.C12H9N3O3/c1-22(18,19)21-7-9-6-20-13-8(4-14)5-15-10-2-3-11(17)16(9)12(10)13;13-3-7-4-14-9-1-2-10(17)15-8(5-16)6-18-12(7)11(9)15/h2-3,5,9H,6-7H2,1H3;1-2,4,8,16H,5-6H2/t9-;8-/m01/s1. The van der Waals surface area contributed by atoms with Gasteiger partial charge in [-0.3, -0.25) is 32.9 Å². The lowest BCUT2D eigenvalue weighted by atomic mass is 10.1. The Labute approximate surface area is 226 Å². The van der Waals surface area contributed by atoms with E-state index in [9.17, 15) is 23.1 Å². The van der Waals surface area contributed by atoms with Crippen LogP contribution in [0.3, 0.4) is 0 Å². The van der Waals surface area contributed by atoms with Crippen LogP contribution in [0.2, 0.25) is 0 Å². The summed E-state index contributed by atoms with van der Waals surface area (Å²) in [5.74, 6) is 0.644. The van der Waals surface area contributed by atoms with Crippen LogP contribution in [0.1, 0.15) is 23.2 Å². The van der Waals surface area contributed by atoms with Crippen LogP contribution in [0.25, 0.3) is 22.1 Å². The summed E-state index contributed by atoms with van der Waals surface area (Å²) in [6, 6.07) is 8.74. The van der Waals surface area contributed by atoms with Crippen molar-refractivity contribution in [2.45, 2.75) is 12.1 Å². The van der Waals surface area contributed by atoms with Gasteiger partial charge in [-0.2, -0.15) is 18.9 Å². The molecule has 40 heavy (non-hydrogen) atoms. The quantitative estimate of drug-likeness (QED) is 0.335. The van der Waals surface area contributed by atoms with Crippen LogP contribution in [0.5, 0.6) is 11.5 Å². The minimum Gasteiger partial charge on any atom is -0.488 e. The largest absolute Gasteiger partial charge is 0.488 e. The molecule has 0 spiro atoms. The Bertz CT molecular complexity index is 1970. The van der Waals surface area contributed by atoms with Gasteiger partial charge in [0.2, 0.25) is 0 Å². The zero-order valence-electron chi connectivity index (χ0n) is 20.8. The van der Waals surface area contributed by atoms with E-state index in [2.05, 4.69) is 9.97 Å². The number of rotatable bonds is 4. The average molecular weight is 565 g/mol. The fourth-order valence-corrected chi connectivity index (χ4v) is 4.93. The lowest BCUT2D eigenvalue weighted by molar-refractivity contribution is 0.156. The third kappa shape index (κ3) is 4.73. The first-order valence-corrected chi connectivity index (χ1v) is 13.6. The van der Waals surface area contributed by atoms with Crippen molar-refractivity contribution in [2.75, 3.05) is 32.7 Å². The Balaban J connectivity index is 0.000000164. The van der Waals surface area contributed by atoms with Gasteiger partial charge in [0.25, 0.3) is 21.2 Å². The maximum Gasteiger partial charge on any atom is 0.264 e. The van der Waals surface area contributed by atoms with E-state index in [1.54, 1.807) is 6.07 Å². The van der Waals surface area contributed by atoms with Crippen LogP contribution in [-0.4, -0.2) is 65.3 Å². The first-order chi connectivity index (χ1) is 19.2. The molecule has 6 rings (SSSR count). The van der Waals surface area contributed by atoms with Gasteiger partial charge in [0.1, 0.15) is 47.5 Å². The van der Waals surface area contributed by atoms with Crippen LogP contribution in [-0.2, 0) is 14.3 Å².